The second-order valence-corrected chi connectivity index (χ2v) is 5.59. The van der Waals surface area contributed by atoms with Crippen LogP contribution in [0.25, 0.3) is 0 Å². The summed E-state index contributed by atoms with van der Waals surface area (Å²) in [4.78, 5) is 18.0. The van der Waals surface area contributed by atoms with Crippen LogP contribution in [0.5, 0.6) is 0 Å². The van der Waals surface area contributed by atoms with Gasteiger partial charge in [0, 0.05) is 0 Å². The van der Waals surface area contributed by atoms with Gasteiger partial charge in [-0.05, 0) is 24.7 Å². The molecule has 0 aliphatic heterocycles. The lowest BCUT2D eigenvalue weighted by Crippen LogP contribution is -2.44. The predicted molar refractivity (Wildman–Crippen MR) is 61.2 cm³/mol. The van der Waals surface area contributed by atoms with Crippen molar-refractivity contribution in [3.63, 3.8) is 0 Å². The second kappa shape index (κ2) is 3.84. The number of aliphatic hydroxyl groups is 1. The minimum Gasteiger partial charge on any atom is -0.481 e. The molecule has 2 rings (SSSR count). The van der Waals surface area contributed by atoms with Crippen molar-refractivity contribution < 1.29 is 15.0 Å². The molecule has 1 fully saturated rings. The Morgan fingerprint density at radius 1 is 1.59 bits per heavy atom. The van der Waals surface area contributed by atoms with Gasteiger partial charge in [-0.3, -0.25) is 4.79 Å². The van der Waals surface area contributed by atoms with E-state index < -0.39 is 22.9 Å². The molecule has 2 atom stereocenters. The van der Waals surface area contributed by atoms with Crippen molar-refractivity contribution in [2.24, 2.45) is 11.3 Å². The molecule has 5 nitrogen and oxygen atoms in total. The average molecular weight is 238 g/mol. The lowest BCUT2D eigenvalue weighted by Gasteiger charge is -2.44. The number of imidazole rings is 1. The van der Waals surface area contributed by atoms with Crippen molar-refractivity contribution in [1.82, 2.24) is 9.97 Å². The smallest absolute Gasteiger partial charge is 0.307 e. The number of carboxylic acid groups (broad SMARTS) is 1. The van der Waals surface area contributed by atoms with Crippen LogP contribution in [0.2, 0.25) is 0 Å². The molecule has 3 N–H and O–H groups in total. The number of aliphatic carboxylic acids is 1. The van der Waals surface area contributed by atoms with Crippen molar-refractivity contribution >= 4 is 5.97 Å². The van der Waals surface area contributed by atoms with Crippen molar-refractivity contribution in [3.8, 4) is 0 Å². The number of carboxylic acids is 1. The summed E-state index contributed by atoms with van der Waals surface area (Å²) in [5, 5.41) is 19.8. The molecule has 5 heteroatoms. The Balaban J connectivity index is 2.25. The molecule has 0 bridgehead atoms. The summed E-state index contributed by atoms with van der Waals surface area (Å²) in [5.74, 6) is -1.17. The van der Waals surface area contributed by atoms with E-state index in [1.165, 1.54) is 6.33 Å². The number of hydrogen-bond acceptors (Lipinski definition) is 3. The van der Waals surface area contributed by atoms with Crippen molar-refractivity contribution in [2.75, 3.05) is 0 Å². The molecule has 1 aliphatic rings. The Morgan fingerprint density at radius 3 is 2.76 bits per heavy atom. The Morgan fingerprint density at radius 2 is 2.29 bits per heavy atom. The average Bonchev–Trinajstić information content (AvgIpc) is 2.67. The lowest BCUT2D eigenvalue weighted by atomic mass is 9.62. The van der Waals surface area contributed by atoms with Crippen LogP contribution in [-0.4, -0.2) is 26.2 Å². The van der Waals surface area contributed by atoms with Gasteiger partial charge in [-0.2, -0.15) is 0 Å². The predicted octanol–water partition coefficient (Wildman–Crippen LogP) is 1.51. The third kappa shape index (κ3) is 2.07. The molecule has 94 valence electrons. The zero-order chi connectivity index (χ0) is 12.7. The van der Waals surface area contributed by atoms with Gasteiger partial charge in [0.15, 0.2) is 0 Å². The molecule has 0 saturated heterocycles. The summed E-state index contributed by atoms with van der Waals surface area (Å²) in [6.45, 7) is 3.79. The molecule has 1 aromatic rings. The summed E-state index contributed by atoms with van der Waals surface area (Å²) in [6.07, 6.45) is 4.51. The number of hydrogen-bond donors (Lipinski definition) is 3. The SMILES string of the molecule is CC1(C)C[C@](O)(c2cnc[nH]2)CC[C@@H]1C(=O)O. The summed E-state index contributed by atoms with van der Waals surface area (Å²) in [7, 11) is 0. The summed E-state index contributed by atoms with van der Waals surface area (Å²) in [5.41, 5.74) is -0.731. The summed E-state index contributed by atoms with van der Waals surface area (Å²) >= 11 is 0. The number of aromatic amines is 1. The third-order valence-corrected chi connectivity index (χ3v) is 3.84. The van der Waals surface area contributed by atoms with E-state index in [4.69, 9.17) is 0 Å². The van der Waals surface area contributed by atoms with Crippen molar-refractivity contribution in [2.45, 2.75) is 38.7 Å². The normalized spacial score (nSPS) is 32.3. The molecular formula is C12H18N2O3. The maximum atomic E-state index is 11.2. The van der Waals surface area contributed by atoms with E-state index in [-0.39, 0.29) is 0 Å². The standard InChI is InChI=1S/C12H18N2O3/c1-11(2)6-12(17,9-5-13-7-14-9)4-3-8(11)10(15)16/h5,7-8,17H,3-4,6H2,1-2H3,(H,13,14)(H,15,16)/t8-,12+/m1/s1. The third-order valence-electron chi connectivity index (χ3n) is 3.84. The molecule has 0 aromatic carbocycles. The van der Waals surface area contributed by atoms with Crippen LogP contribution < -0.4 is 0 Å². The first kappa shape index (κ1) is 12.1. The Hall–Kier alpha value is -1.36. The molecule has 0 spiro atoms. The fourth-order valence-corrected chi connectivity index (χ4v) is 2.94. The molecule has 1 aliphatic carbocycles. The van der Waals surface area contributed by atoms with Gasteiger partial charge in [0.1, 0.15) is 5.60 Å². The lowest BCUT2D eigenvalue weighted by molar-refractivity contribution is -0.154. The molecule has 17 heavy (non-hydrogen) atoms. The van der Waals surface area contributed by atoms with Crippen LogP contribution in [0, 0.1) is 11.3 Å². The largest absolute Gasteiger partial charge is 0.481 e. The maximum Gasteiger partial charge on any atom is 0.307 e. The van der Waals surface area contributed by atoms with Crippen LogP contribution in [-0.2, 0) is 10.4 Å². The van der Waals surface area contributed by atoms with Gasteiger partial charge in [-0.25, -0.2) is 4.98 Å². The highest BCUT2D eigenvalue weighted by atomic mass is 16.4. The molecule has 0 amide bonds. The van der Waals surface area contributed by atoms with E-state index in [1.54, 1.807) is 6.20 Å². The Labute approximate surface area is 99.9 Å². The fraction of sp³-hybridized carbons (Fsp3) is 0.667. The number of carbonyl (C=O) groups is 1. The zero-order valence-electron chi connectivity index (χ0n) is 10.1. The highest BCUT2D eigenvalue weighted by Gasteiger charge is 2.48. The van der Waals surface area contributed by atoms with Gasteiger partial charge < -0.3 is 15.2 Å². The first-order valence-corrected chi connectivity index (χ1v) is 5.79. The first-order valence-electron chi connectivity index (χ1n) is 5.79. The minimum absolute atomic E-state index is 0.398. The fourth-order valence-electron chi connectivity index (χ4n) is 2.94. The van der Waals surface area contributed by atoms with Crippen LogP contribution in [0.15, 0.2) is 12.5 Å². The van der Waals surface area contributed by atoms with E-state index in [1.807, 2.05) is 13.8 Å². The Kier molecular flexibility index (Phi) is 2.73. The van der Waals surface area contributed by atoms with E-state index >= 15 is 0 Å². The van der Waals surface area contributed by atoms with Crippen LogP contribution in [0.1, 0.15) is 38.8 Å². The van der Waals surface area contributed by atoms with E-state index in [0.29, 0.717) is 25.0 Å². The maximum absolute atomic E-state index is 11.2. The zero-order valence-corrected chi connectivity index (χ0v) is 10.1. The highest BCUT2D eigenvalue weighted by Crippen LogP contribution is 2.48. The van der Waals surface area contributed by atoms with Crippen molar-refractivity contribution in [1.29, 1.82) is 0 Å². The highest BCUT2D eigenvalue weighted by molar-refractivity contribution is 5.71. The van der Waals surface area contributed by atoms with Gasteiger partial charge in [-0.15, -0.1) is 0 Å². The Bertz CT molecular complexity index is 413. The quantitative estimate of drug-likeness (QED) is 0.729. The van der Waals surface area contributed by atoms with E-state index in [2.05, 4.69) is 9.97 Å². The topological polar surface area (TPSA) is 86.2 Å². The number of nitrogens with one attached hydrogen (secondary N) is 1. The van der Waals surface area contributed by atoms with Gasteiger partial charge in [0.2, 0.25) is 0 Å². The molecule has 0 radical (unpaired) electrons. The molecular weight excluding hydrogens is 220 g/mol. The number of nitrogens with zero attached hydrogens (tertiary/aromatic N) is 1. The van der Waals surface area contributed by atoms with Crippen LogP contribution in [0.4, 0.5) is 0 Å². The molecule has 1 heterocycles. The number of rotatable bonds is 2. The van der Waals surface area contributed by atoms with Gasteiger partial charge >= 0.3 is 5.97 Å². The molecule has 0 unspecified atom stereocenters. The first-order chi connectivity index (χ1) is 7.85. The number of H-pyrrole nitrogens is 1. The van der Waals surface area contributed by atoms with Crippen molar-refractivity contribution in [3.05, 3.63) is 18.2 Å². The van der Waals surface area contributed by atoms with Gasteiger partial charge in [0.25, 0.3) is 0 Å². The minimum atomic E-state index is -0.980. The number of aromatic nitrogens is 2. The molecule has 1 saturated carbocycles. The van der Waals surface area contributed by atoms with Crippen LogP contribution >= 0.6 is 0 Å². The summed E-state index contributed by atoms with van der Waals surface area (Å²) < 4.78 is 0. The summed E-state index contributed by atoms with van der Waals surface area (Å²) in [6, 6.07) is 0. The molecule has 1 aromatic heterocycles. The van der Waals surface area contributed by atoms with E-state index in [9.17, 15) is 15.0 Å². The second-order valence-electron chi connectivity index (χ2n) is 5.59. The van der Waals surface area contributed by atoms with E-state index in [0.717, 1.165) is 0 Å². The van der Waals surface area contributed by atoms with Crippen LogP contribution in [0.3, 0.4) is 0 Å². The monoisotopic (exact) mass is 238 g/mol. The van der Waals surface area contributed by atoms with Gasteiger partial charge in [0.05, 0.1) is 24.1 Å². The van der Waals surface area contributed by atoms with Gasteiger partial charge in [-0.1, -0.05) is 13.8 Å².